The maximum absolute atomic E-state index is 13.2. The Kier molecular flexibility index (Phi) is 4.21. The molecule has 9 nitrogen and oxygen atoms in total. The van der Waals surface area contributed by atoms with Gasteiger partial charge in [-0.15, -0.1) is 4.68 Å². The maximum Gasteiger partial charge on any atom is 0.373 e. The lowest BCUT2D eigenvalue weighted by Gasteiger charge is -2.31. The smallest absolute Gasteiger partial charge is 0.373 e. The molecule has 0 saturated carbocycles. The number of para-hydroxylation sites is 1. The van der Waals surface area contributed by atoms with Crippen molar-refractivity contribution < 1.29 is 19.1 Å². The average molecular weight is 417 g/mol. The molecule has 10 heteroatoms. The molecular formula is C19H19ClN5O4+. The highest BCUT2D eigenvalue weighted by Crippen LogP contribution is 2.47. The van der Waals surface area contributed by atoms with Gasteiger partial charge in [0.15, 0.2) is 11.5 Å². The van der Waals surface area contributed by atoms with Crippen LogP contribution in [-0.2, 0) is 6.42 Å². The van der Waals surface area contributed by atoms with Crippen LogP contribution in [0.2, 0.25) is 5.02 Å². The van der Waals surface area contributed by atoms with Gasteiger partial charge in [0.2, 0.25) is 18.7 Å². The number of aromatic nitrogens is 4. The van der Waals surface area contributed by atoms with Crippen LogP contribution in [0.4, 0.5) is 0 Å². The number of tetrazole rings is 1. The number of quaternary nitrogens is 1. The Morgan fingerprint density at radius 2 is 2.10 bits per heavy atom. The Bertz CT molecular complexity index is 1160. The zero-order valence-corrected chi connectivity index (χ0v) is 16.6. The van der Waals surface area contributed by atoms with E-state index >= 15 is 0 Å². The molecule has 2 atom stereocenters. The third-order valence-corrected chi connectivity index (χ3v) is 5.72. The number of methoxy groups -OCH3 is 1. The Morgan fingerprint density at radius 1 is 1.28 bits per heavy atom. The molecule has 0 amide bonds. The van der Waals surface area contributed by atoms with Gasteiger partial charge in [-0.05, 0) is 34.2 Å². The molecule has 0 fully saturated rings. The van der Waals surface area contributed by atoms with Crippen molar-refractivity contribution in [2.24, 2.45) is 0 Å². The van der Waals surface area contributed by atoms with Crippen LogP contribution in [0.1, 0.15) is 17.3 Å². The highest BCUT2D eigenvalue weighted by Gasteiger charge is 2.39. The standard InChI is InChI=1S/C19H18ClN5O4/c1-23-8-7-11-9-14-16(29-10-28-14)17(27-2)15(11)18(23)25-19(26)24(21-22-25)13-6-4-3-5-12(13)20/h3-6,9,18H,7-8,10H2,1-2H3/p+1/t18-/m0/s1. The van der Waals surface area contributed by atoms with Gasteiger partial charge in [0.25, 0.3) is 0 Å². The number of hydrogen-bond acceptors (Lipinski definition) is 6. The van der Waals surface area contributed by atoms with E-state index in [0.717, 1.165) is 29.0 Å². The van der Waals surface area contributed by atoms with Crippen molar-refractivity contribution in [2.45, 2.75) is 12.6 Å². The van der Waals surface area contributed by atoms with Gasteiger partial charge < -0.3 is 19.1 Å². The zero-order valence-electron chi connectivity index (χ0n) is 15.9. The Labute approximate surface area is 170 Å². The fourth-order valence-corrected chi connectivity index (χ4v) is 4.24. The van der Waals surface area contributed by atoms with Gasteiger partial charge in [0.05, 0.1) is 37.0 Å². The largest absolute Gasteiger partial charge is 0.492 e. The molecule has 0 bridgehead atoms. The summed E-state index contributed by atoms with van der Waals surface area (Å²) >= 11 is 6.25. The predicted octanol–water partition coefficient (Wildman–Crippen LogP) is 0.437. The van der Waals surface area contributed by atoms with Crippen molar-refractivity contribution in [3.05, 3.63) is 57.0 Å². The second-order valence-corrected chi connectivity index (χ2v) is 7.44. The highest BCUT2D eigenvalue weighted by molar-refractivity contribution is 6.32. The van der Waals surface area contributed by atoms with E-state index in [4.69, 9.17) is 25.8 Å². The first kappa shape index (κ1) is 18.0. The summed E-state index contributed by atoms with van der Waals surface area (Å²) in [7, 11) is 3.60. The molecule has 1 unspecified atom stereocenters. The Morgan fingerprint density at radius 3 is 2.90 bits per heavy atom. The van der Waals surface area contributed by atoms with Crippen LogP contribution in [-0.4, -0.2) is 47.3 Å². The monoisotopic (exact) mass is 416 g/mol. The molecule has 3 heterocycles. The molecule has 5 rings (SSSR count). The topological polar surface area (TPSA) is 84.8 Å². The van der Waals surface area contributed by atoms with E-state index in [1.165, 1.54) is 9.36 Å². The van der Waals surface area contributed by atoms with E-state index in [2.05, 4.69) is 10.4 Å². The van der Waals surface area contributed by atoms with Crippen LogP contribution in [0.25, 0.3) is 5.69 Å². The Balaban J connectivity index is 1.69. The second-order valence-electron chi connectivity index (χ2n) is 7.03. The molecule has 0 saturated heterocycles. The van der Waals surface area contributed by atoms with Crippen LogP contribution in [0, 0.1) is 0 Å². The van der Waals surface area contributed by atoms with Gasteiger partial charge in [-0.3, -0.25) is 0 Å². The third kappa shape index (κ3) is 2.69. The SMILES string of the molecule is COc1c2c(cc3c1[C@H](n1nnn(-c4ccccc4Cl)c1=O)[NH+](C)CC3)OCO2. The molecule has 0 radical (unpaired) electrons. The molecular weight excluding hydrogens is 398 g/mol. The van der Waals surface area contributed by atoms with Gasteiger partial charge in [0, 0.05) is 6.42 Å². The average Bonchev–Trinajstić information content (AvgIpc) is 3.33. The number of rotatable bonds is 3. The van der Waals surface area contributed by atoms with E-state index in [0.29, 0.717) is 28.0 Å². The molecule has 0 aliphatic carbocycles. The summed E-state index contributed by atoms with van der Waals surface area (Å²) < 4.78 is 19.5. The van der Waals surface area contributed by atoms with Crippen molar-refractivity contribution in [1.82, 2.24) is 19.8 Å². The molecule has 150 valence electrons. The first-order valence-corrected chi connectivity index (χ1v) is 9.59. The summed E-state index contributed by atoms with van der Waals surface area (Å²) in [6.45, 7) is 0.955. The molecule has 2 aliphatic rings. The third-order valence-electron chi connectivity index (χ3n) is 5.40. The van der Waals surface area contributed by atoms with E-state index in [1.807, 2.05) is 13.1 Å². The van der Waals surface area contributed by atoms with Crippen molar-refractivity contribution in [1.29, 1.82) is 0 Å². The number of halogens is 1. The molecule has 2 aromatic carbocycles. The van der Waals surface area contributed by atoms with Gasteiger partial charge in [-0.25, -0.2) is 4.79 Å². The second kappa shape index (κ2) is 6.78. The molecule has 1 N–H and O–H groups in total. The van der Waals surface area contributed by atoms with Gasteiger partial charge in [-0.2, -0.15) is 4.68 Å². The number of likely N-dealkylation sites (N-methyl/N-ethyl adjacent to an activating group) is 1. The number of benzene rings is 2. The summed E-state index contributed by atoms with van der Waals surface area (Å²) in [4.78, 5) is 14.3. The number of hydrogen-bond donors (Lipinski definition) is 1. The van der Waals surface area contributed by atoms with Crippen LogP contribution in [0.3, 0.4) is 0 Å². The van der Waals surface area contributed by atoms with Crippen LogP contribution < -0.4 is 24.8 Å². The fraction of sp³-hybridized carbons (Fsp3) is 0.316. The van der Waals surface area contributed by atoms with E-state index in [1.54, 1.807) is 31.4 Å². The first-order valence-electron chi connectivity index (χ1n) is 9.21. The summed E-state index contributed by atoms with van der Waals surface area (Å²) in [5, 5.41) is 8.69. The first-order chi connectivity index (χ1) is 14.1. The molecule has 1 aromatic heterocycles. The summed E-state index contributed by atoms with van der Waals surface area (Å²) in [6.07, 6.45) is 0.393. The van der Waals surface area contributed by atoms with Gasteiger partial charge in [0.1, 0.15) is 0 Å². The normalized spacial score (nSPS) is 19.8. The van der Waals surface area contributed by atoms with Crippen LogP contribution >= 0.6 is 11.6 Å². The number of fused-ring (bicyclic) bond motifs is 2. The van der Waals surface area contributed by atoms with Crippen LogP contribution in [0.5, 0.6) is 17.2 Å². The predicted molar refractivity (Wildman–Crippen MR) is 103 cm³/mol. The molecule has 0 spiro atoms. The zero-order chi connectivity index (χ0) is 20.1. The van der Waals surface area contributed by atoms with Crippen LogP contribution in [0.15, 0.2) is 35.1 Å². The summed E-state index contributed by atoms with van der Waals surface area (Å²) in [6, 6.07) is 8.99. The summed E-state index contributed by atoms with van der Waals surface area (Å²) in [5.41, 5.74) is 2.00. The summed E-state index contributed by atoms with van der Waals surface area (Å²) in [5.74, 6) is 1.78. The quantitative estimate of drug-likeness (QED) is 0.667. The van der Waals surface area contributed by atoms with Gasteiger partial charge in [-0.1, -0.05) is 23.7 Å². The minimum Gasteiger partial charge on any atom is -0.492 e. The molecule has 2 aliphatic heterocycles. The van der Waals surface area contributed by atoms with E-state index in [-0.39, 0.29) is 12.5 Å². The van der Waals surface area contributed by atoms with Crippen molar-refractivity contribution in [3.63, 3.8) is 0 Å². The van der Waals surface area contributed by atoms with E-state index < -0.39 is 6.17 Å². The Hall–Kier alpha value is -3.04. The lowest BCUT2D eigenvalue weighted by molar-refractivity contribution is -0.919. The van der Waals surface area contributed by atoms with Crippen molar-refractivity contribution in [3.8, 4) is 22.9 Å². The number of nitrogens with zero attached hydrogens (tertiary/aromatic N) is 4. The molecule has 29 heavy (non-hydrogen) atoms. The number of ether oxygens (including phenoxy) is 3. The lowest BCUT2D eigenvalue weighted by Crippen LogP contribution is -3.11. The van der Waals surface area contributed by atoms with Crippen molar-refractivity contribution in [2.75, 3.05) is 27.5 Å². The number of nitrogens with one attached hydrogen (secondary N) is 1. The van der Waals surface area contributed by atoms with Crippen molar-refractivity contribution >= 4 is 11.6 Å². The lowest BCUT2D eigenvalue weighted by atomic mass is 9.95. The van der Waals surface area contributed by atoms with E-state index in [9.17, 15) is 4.79 Å². The fourth-order valence-electron chi connectivity index (χ4n) is 4.03. The maximum atomic E-state index is 13.2. The molecule has 3 aromatic rings. The highest BCUT2D eigenvalue weighted by atomic mass is 35.5. The minimum absolute atomic E-state index is 0.143. The van der Waals surface area contributed by atoms with Gasteiger partial charge >= 0.3 is 5.69 Å². The minimum atomic E-state index is -0.424.